The molecular weight excluding hydrogens is 403 g/mol. The lowest BCUT2D eigenvalue weighted by Crippen LogP contribution is -2.19. The van der Waals surface area contributed by atoms with E-state index in [1.807, 2.05) is 59.7 Å². The number of carbonyl (C=O) groups is 2. The van der Waals surface area contributed by atoms with Crippen molar-refractivity contribution in [2.75, 3.05) is 0 Å². The monoisotopic (exact) mass is 431 g/mol. The van der Waals surface area contributed by atoms with Gasteiger partial charge in [-0.2, -0.15) is 0 Å². The smallest absolute Gasteiger partial charge is 0.247 e. The molecule has 3 rings (SSSR count). The fourth-order valence-corrected chi connectivity index (χ4v) is 5.57. The molecule has 0 N–H and O–H groups in total. The first-order valence-corrected chi connectivity index (χ1v) is 11.6. The molecule has 0 heterocycles. The summed E-state index contributed by atoms with van der Waals surface area (Å²) in [5.41, 5.74) is 7.77. The van der Waals surface area contributed by atoms with Gasteiger partial charge in [-0.05, 0) is 99.5 Å². The highest BCUT2D eigenvalue weighted by atomic mass is 31.1. The Balaban J connectivity index is 2.15. The summed E-state index contributed by atoms with van der Waals surface area (Å²) >= 11 is 0. The quantitative estimate of drug-likeness (QED) is 0.348. The van der Waals surface area contributed by atoms with E-state index in [2.05, 4.69) is 6.92 Å². The summed E-state index contributed by atoms with van der Waals surface area (Å²) in [6.07, 6.45) is 0. The maximum absolute atomic E-state index is 13.7. The average Bonchev–Trinajstić information content (AvgIpc) is 2.75. The van der Waals surface area contributed by atoms with Crippen LogP contribution in [0.2, 0.25) is 0 Å². The zero-order valence-corrected chi connectivity index (χ0v) is 20.1. The van der Waals surface area contributed by atoms with Crippen molar-refractivity contribution in [3.8, 4) is 0 Å². The maximum Gasteiger partial charge on any atom is 0.247 e. The molecule has 1 atom stereocenters. The second kappa shape index (κ2) is 8.69. The van der Waals surface area contributed by atoms with E-state index in [4.69, 9.17) is 0 Å². The molecule has 0 aliphatic heterocycles. The number of rotatable bonds is 5. The summed E-state index contributed by atoms with van der Waals surface area (Å²) in [4.78, 5) is 26.9. The highest BCUT2D eigenvalue weighted by Crippen LogP contribution is 2.33. The first kappa shape index (κ1) is 22.8. The zero-order valence-electron chi connectivity index (χ0n) is 19.2. The van der Waals surface area contributed by atoms with Crippen LogP contribution < -0.4 is 5.30 Å². The van der Waals surface area contributed by atoms with Crippen molar-refractivity contribution in [1.82, 2.24) is 0 Å². The van der Waals surface area contributed by atoms with E-state index < -0.39 is 13.3 Å². The zero-order chi connectivity index (χ0) is 23.0. The van der Waals surface area contributed by atoms with Gasteiger partial charge >= 0.3 is 0 Å². The molecule has 0 fully saturated rings. The van der Waals surface area contributed by atoms with Crippen LogP contribution in [0.25, 0.3) is 0 Å². The topological polar surface area (TPSA) is 51.2 Å². The fraction of sp³-hybridized carbons (Fsp3) is 0.259. The van der Waals surface area contributed by atoms with E-state index >= 15 is 0 Å². The van der Waals surface area contributed by atoms with Gasteiger partial charge in [0.2, 0.25) is 5.52 Å². The van der Waals surface area contributed by atoms with Crippen LogP contribution >= 0.6 is 7.80 Å². The summed E-state index contributed by atoms with van der Waals surface area (Å²) < 4.78 is 13.4. The lowest BCUT2D eigenvalue weighted by Gasteiger charge is -2.19. The van der Waals surface area contributed by atoms with Crippen LogP contribution in [0.1, 0.15) is 65.2 Å². The Labute approximate surface area is 185 Å². The molecule has 0 saturated carbocycles. The Morgan fingerprint density at radius 3 is 1.65 bits per heavy atom. The van der Waals surface area contributed by atoms with Crippen molar-refractivity contribution < 1.29 is 14.2 Å². The van der Waals surface area contributed by atoms with Crippen LogP contribution in [0.15, 0.2) is 42.5 Å². The van der Waals surface area contributed by atoms with Crippen LogP contribution in [-0.4, -0.2) is 11.3 Å². The second-order valence-electron chi connectivity index (χ2n) is 8.21. The maximum atomic E-state index is 13.7. The van der Waals surface area contributed by atoms with E-state index in [0.29, 0.717) is 22.0 Å². The minimum atomic E-state index is -2.44. The van der Waals surface area contributed by atoms with Gasteiger partial charge in [-0.1, -0.05) is 30.3 Å². The van der Waals surface area contributed by atoms with Crippen molar-refractivity contribution in [2.24, 2.45) is 0 Å². The molecule has 159 valence electrons. The molecule has 0 amide bonds. The van der Waals surface area contributed by atoms with Crippen molar-refractivity contribution in [1.29, 1.82) is 0 Å². The molecule has 1 radical (unpaired) electrons. The van der Waals surface area contributed by atoms with E-state index in [1.165, 1.54) is 5.56 Å². The molecule has 4 heteroatoms. The van der Waals surface area contributed by atoms with Gasteiger partial charge < -0.3 is 0 Å². The first-order chi connectivity index (χ1) is 14.6. The minimum Gasteiger partial charge on any atom is -0.289 e. The van der Waals surface area contributed by atoms with Crippen LogP contribution in [0, 0.1) is 48.5 Å². The van der Waals surface area contributed by atoms with Crippen molar-refractivity contribution in [2.45, 2.75) is 48.5 Å². The summed E-state index contributed by atoms with van der Waals surface area (Å²) in [6, 6.07) is 12.3. The van der Waals surface area contributed by atoms with E-state index in [0.717, 1.165) is 33.4 Å². The van der Waals surface area contributed by atoms with Crippen molar-refractivity contribution >= 4 is 24.4 Å². The third-order valence-electron chi connectivity index (χ3n) is 6.47. The molecule has 3 aromatic rings. The van der Waals surface area contributed by atoms with Crippen molar-refractivity contribution in [3.63, 3.8) is 0 Å². The Morgan fingerprint density at radius 2 is 1.10 bits per heavy atom. The fourth-order valence-electron chi connectivity index (χ4n) is 4.18. The summed E-state index contributed by atoms with van der Waals surface area (Å²) in [7, 11) is -2.44. The van der Waals surface area contributed by atoms with Gasteiger partial charge in [0.05, 0.1) is 5.30 Å². The SMILES string of the molecule is Cc1cccc(C)c1C(=O)[P](=O)c1ccccc1C(=O)c1c(C)c(C)c(C)c(C)c1C. The number of aryl methyl sites for hydroxylation is 2. The Bertz CT molecular complexity index is 1200. The molecule has 0 saturated heterocycles. The van der Waals surface area contributed by atoms with Gasteiger partial charge in [0.15, 0.2) is 13.6 Å². The molecule has 0 aliphatic carbocycles. The van der Waals surface area contributed by atoms with E-state index in [-0.39, 0.29) is 5.78 Å². The van der Waals surface area contributed by atoms with Gasteiger partial charge in [0.25, 0.3) is 0 Å². The number of hydrogen-bond donors (Lipinski definition) is 0. The predicted octanol–water partition coefficient (Wildman–Crippen LogP) is 6.37. The number of carbonyl (C=O) groups excluding carboxylic acids is 2. The highest BCUT2D eigenvalue weighted by Gasteiger charge is 2.27. The Hall–Kier alpha value is -2.90. The third kappa shape index (κ3) is 3.91. The van der Waals surface area contributed by atoms with Gasteiger partial charge in [-0.3, -0.25) is 14.2 Å². The lowest BCUT2D eigenvalue weighted by molar-refractivity contribution is 0.103. The van der Waals surface area contributed by atoms with E-state index in [1.54, 1.807) is 24.3 Å². The molecule has 0 aliphatic rings. The van der Waals surface area contributed by atoms with Gasteiger partial charge in [-0.15, -0.1) is 0 Å². The predicted molar refractivity (Wildman–Crippen MR) is 127 cm³/mol. The summed E-state index contributed by atoms with van der Waals surface area (Å²) in [5, 5.41) is 0.296. The lowest BCUT2D eigenvalue weighted by atomic mass is 9.86. The molecule has 3 aromatic carbocycles. The number of ketones is 1. The van der Waals surface area contributed by atoms with E-state index in [9.17, 15) is 14.2 Å². The molecule has 0 spiro atoms. The van der Waals surface area contributed by atoms with Crippen molar-refractivity contribution in [3.05, 3.63) is 98.1 Å². The molecule has 1 unspecified atom stereocenters. The van der Waals surface area contributed by atoms with Crippen LogP contribution in [0.3, 0.4) is 0 Å². The average molecular weight is 431 g/mol. The molecule has 3 nitrogen and oxygen atoms in total. The Morgan fingerprint density at radius 1 is 0.613 bits per heavy atom. The second-order valence-corrected chi connectivity index (χ2v) is 9.69. The third-order valence-corrected chi connectivity index (χ3v) is 7.89. The van der Waals surface area contributed by atoms with Gasteiger partial charge in [0.1, 0.15) is 0 Å². The minimum absolute atomic E-state index is 0.186. The van der Waals surface area contributed by atoms with Gasteiger partial charge in [0, 0.05) is 16.7 Å². The summed E-state index contributed by atoms with van der Waals surface area (Å²) in [6.45, 7) is 13.7. The summed E-state index contributed by atoms with van der Waals surface area (Å²) in [5.74, 6) is -0.186. The molecule has 31 heavy (non-hydrogen) atoms. The number of benzene rings is 3. The van der Waals surface area contributed by atoms with Crippen LogP contribution in [0.4, 0.5) is 0 Å². The normalized spacial score (nSPS) is 11.4. The largest absolute Gasteiger partial charge is 0.289 e. The standard InChI is InChI=1S/C27H28O3P/c1-15-11-10-12-16(2)24(15)27(29)31(30)23-14-9-8-13-22(23)26(28)25-20(6)18(4)17(3)19(5)21(25)7/h8-14H,1-7H3. The molecule has 0 bridgehead atoms. The van der Waals surface area contributed by atoms with Crippen LogP contribution in [-0.2, 0) is 4.57 Å². The first-order valence-electron chi connectivity index (χ1n) is 10.4. The molecule has 0 aromatic heterocycles. The number of hydrogen-bond acceptors (Lipinski definition) is 3. The highest BCUT2D eigenvalue weighted by molar-refractivity contribution is 7.71. The Kier molecular flexibility index (Phi) is 6.38. The van der Waals surface area contributed by atoms with Crippen LogP contribution in [0.5, 0.6) is 0 Å². The molecular formula is C27H28O3P. The van der Waals surface area contributed by atoms with Gasteiger partial charge in [-0.25, -0.2) is 0 Å².